The van der Waals surface area contributed by atoms with Crippen molar-refractivity contribution in [1.29, 1.82) is 0 Å². The summed E-state index contributed by atoms with van der Waals surface area (Å²) in [6.07, 6.45) is 4.79. The molecule has 1 aromatic heterocycles. The summed E-state index contributed by atoms with van der Waals surface area (Å²) >= 11 is 8.34. The van der Waals surface area contributed by atoms with Crippen LogP contribution < -0.4 is 10.6 Å². The highest BCUT2D eigenvalue weighted by Gasteiger charge is 2.02. The number of amides is 1. The molecule has 0 fully saturated rings. The van der Waals surface area contributed by atoms with Gasteiger partial charge in [0.1, 0.15) is 5.82 Å². The minimum Gasteiger partial charge on any atom is -0.317 e. The monoisotopic (exact) mass is 361 g/mol. The van der Waals surface area contributed by atoms with E-state index in [1.807, 2.05) is 36.4 Å². The standard InChI is InChI=1S/C15H12BrN3OS/c16-12-7-8-13(17-10-12)18-15(21)19-14(20)9-6-11-4-2-1-3-5-11/h1-10H,(H2,17,18,19,20,21)/b9-6+. The summed E-state index contributed by atoms with van der Waals surface area (Å²) in [6, 6.07) is 13.1. The van der Waals surface area contributed by atoms with Crippen molar-refractivity contribution in [2.75, 3.05) is 5.32 Å². The van der Waals surface area contributed by atoms with E-state index in [1.165, 1.54) is 6.08 Å². The molecule has 1 aromatic carbocycles. The third-order valence-electron chi connectivity index (χ3n) is 2.43. The number of benzene rings is 1. The lowest BCUT2D eigenvalue weighted by molar-refractivity contribution is -0.115. The van der Waals surface area contributed by atoms with Gasteiger partial charge in [-0.25, -0.2) is 4.98 Å². The number of pyridine rings is 1. The van der Waals surface area contributed by atoms with Crippen LogP contribution in [0.3, 0.4) is 0 Å². The summed E-state index contributed by atoms with van der Waals surface area (Å²) in [5, 5.41) is 5.59. The zero-order valence-corrected chi connectivity index (χ0v) is 13.3. The fraction of sp³-hybridized carbons (Fsp3) is 0. The molecule has 2 aromatic rings. The highest BCUT2D eigenvalue weighted by Crippen LogP contribution is 2.10. The third-order valence-corrected chi connectivity index (χ3v) is 3.11. The van der Waals surface area contributed by atoms with Crippen molar-refractivity contribution in [2.45, 2.75) is 0 Å². The zero-order valence-electron chi connectivity index (χ0n) is 10.9. The summed E-state index contributed by atoms with van der Waals surface area (Å²) in [7, 11) is 0. The molecule has 0 saturated carbocycles. The first-order chi connectivity index (χ1) is 10.1. The van der Waals surface area contributed by atoms with Crippen molar-refractivity contribution in [3.8, 4) is 0 Å². The third kappa shape index (κ3) is 5.45. The normalized spacial score (nSPS) is 10.3. The maximum absolute atomic E-state index is 11.7. The zero-order chi connectivity index (χ0) is 15.1. The van der Waals surface area contributed by atoms with Crippen LogP contribution in [0.25, 0.3) is 6.08 Å². The minimum atomic E-state index is -0.298. The Morgan fingerprint density at radius 3 is 2.62 bits per heavy atom. The van der Waals surface area contributed by atoms with Crippen molar-refractivity contribution < 1.29 is 4.79 Å². The molecule has 2 N–H and O–H groups in total. The molecular formula is C15H12BrN3OS. The second-order valence-corrected chi connectivity index (χ2v) is 5.37. The lowest BCUT2D eigenvalue weighted by Crippen LogP contribution is -2.33. The topological polar surface area (TPSA) is 54.0 Å². The van der Waals surface area contributed by atoms with Gasteiger partial charge in [-0.2, -0.15) is 0 Å². The lowest BCUT2D eigenvalue weighted by atomic mass is 10.2. The average Bonchev–Trinajstić information content (AvgIpc) is 2.48. The number of anilines is 1. The quantitative estimate of drug-likeness (QED) is 0.649. The van der Waals surface area contributed by atoms with Crippen molar-refractivity contribution in [2.24, 2.45) is 0 Å². The van der Waals surface area contributed by atoms with E-state index in [2.05, 4.69) is 31.5 Å². The van der Waals surface area contributed by atoms with Crippen molar-refractivity contribution in [3.63, 3.8) is 0 Å². The molecule has 1 heterocycles. The molecule has 0 saturated heterocycles. The number of halogens is 1. The number of carbonyl (C=O) groups is 1. The Labute approximate surface area is 136 Å². The van der Waals surface area contributed by atoms with Crippen LogP contribution in [-0.2, 0) is 4.79 Å². The van der Waals surface area contributed by atoms with Gasteiger partial charge in [0.15, 0.2) is 5.11 Å². The number of nitrogens with one attached hydrogen (secondary N) is 2. The Morgan fingerprint density at radius 2 is 1.95 bits per heavy atom. The number of aromatic nitrogens is 1. The molecule has 0 aliphatic rings. The van der Waals surface area contributed by atoms with Crippen molar-refractivity contribution in [3.05, 3.63) is 64.8 Å². The molecule has 4 nitrogen and oxygen atoms in total. The number of rotatable bonds is 3. The number of nitrogens with zero attached hydrogens (tertiary/aromatic N) is 1. The van der Waals surface area contributed by atoms with E-state index in [-0.39, 0.29) is 11.0 Å². The fourth-order valence-electron chi connectivity index (χ4n) is 1.49. The van der Waals surface area contributed by atoms with E-state index in [0.717, 1.165) is 10.0 Å². The molecule has 0 aliphatic heterocycles. The molecule has 0 atom stereocenters. The van der Waals surface area contributed by atoms with Gasteiger partial charge in [0, 0.05) is 16.7 Å². The van der Waals surface area contributed by atoms with Crippen molar-refractivity contribution >= 4 is 51.1 Å². The lowest BCUT2D eigenvalue weighted by Gasteiger charge is -2.07. The van der Waals surface area contributed by atoms with Crippen LogP contribution in [0.1, 0.15) is 5.56 Å². The van der Waals surface area contributed by atoms with Crippen LogP contribution in [0.5, 0.6) is 0 Å². The maximum atomic E-state index is 11.7. The van der Waals surface area contributed by atoms with E-state index in [1.54, 1.807) is 18.3 Å². The Kier molecular flexibility index (Phi) is 5.59. The first-order valence-electron chi connectivity index (χ1n) is 6.10. The summed E-state index contributed by atoms with van der Waals surface area (Å²) in [4.78, 5) is 15.8. The van der Waals surface area contributed by atoms with E-state index in [4.69, 9.17) is 12.2 Å². The molecule has 1 amide bonds. The highest BCUT2D eigenvalue weighted by atomic mass is 79.9. The maximum Gasteiger partial charge on any atom is 0.250 e. The van der Waals surface area contributed by atoms with Gasteiger partial charge in [-0.1, -0.05) is 30.3 Å². The molecule has 0 aliphatic carbocycles. The van der Waals surface area contributed by atoms with Crippen LogP contribution >= 0.6 is 28.1 Å². The first kappa shape index (κ1) is 15.3. The average molecular weight is 362 g/mol. The summed E-state index contributed by atoms with van der Waals surface area (Å²) < 4.78 is 0.869. The van der Waals surface area contributed by atoms with Gasteiger partial charge < -0.3 is 5.32 Å². The number of hydrogen-bond acceptors (Lipinski definition) is 3. The van der Waals surface area contributed by atoms with Crippen LogP contribution in [0.4, 0.5) is 5.82 Å². The Morgan fingerprint density at radius 1 is 1.19 bits per heavy atom. The summed E-state index contributed by atoms with van der Waals surface area (Å²) in [5.74, 6) is 0.268. The van der Waals surface area contributed by atoms with Gasteiger partial charge in [0.2, 0.25) is 5.91 Å². The summed E-state index contributed by atoms with van der Waals surface area (Å²) in [5.41, 5.74) is 0.945. The highest BCUT2D eigenvalue weighted by molar-refractivity contribution is 9.10. The minimum absolute atomic E-state index is 0.201. The Balaban J connectivity index is 1.86. The molecule has 6 heteroatoms. The van der Waals surface area contributed by atoms with Gasteiger partial charge in [-0.3, -0.25) is 10.1 Å². The van der Waals surface area contributed by atoms with E-state index >= 15 is 0 Å². The van der Waals surface area contributed by atoms with Crippen LogP contribution in [-0.4, -0.2) is 16.0 Å². The SMILES string of the molecule is O=C(/C=C/c1ccccc1)NC(=S)Nc1ccc(Br)cn1. The number of thiocarbonyl (C=S) groups is 1. The van der Waals surface area contributed by atoms with Gasteiger partial charge in [-0.05, 0) is 51.9 Å². The molecule has 0 spiro atoms. The van der Waals surface area contributed by atoms with Gasteiger partial charge >= 0.3 is 0 Å². The molecule has 0 radical (unpaired) electrons. The molecule has 2 rings (SSSR count). The second-order valence-electron chi connectivity index (χ2n) is 4.05. The predicted octanol–water partition coefficient (Wildman–Crippen LogP) is 3.37. The fourth-order valence-corrected chi connectivity index (χ4v) is 1.93. The van der Waals surface area contributed by atoms with Gasteiger partial charge in [-0.15, -0.1) is 0 Å². The molecule has 21 heavy (non-hydrogen) atoms. The van der Waals surface area contributed by atoms with E-state index in [0.29, 0.717) is 5.82 Å². The van der Waals surface area contributed by atoms with Crippen LogP contribution in [0.2, 0.25) is 0 Å². The molecular weight excluding hydrogens is 350 g/mol. The summed E-state index contributed by atoms with van der Waals surface area (Å²) in [6.45, 7) is 0. The van der Waals surface area contributed by atoms with Crippen molar-refractivity contribution in [1.82, 2.24) is 10.3 Å². The smallest absolute Gasteiger partial charge is 0.250 e. The number of hydrogen-bond donors (Lipinski definition) is 2. The largest absolute Gasteiger partial charge is 0.317 e. The Hall–Kier alpha value is -2.05. The predicted molar refractivity (Wildman–Crippen MR) is 91.8 cm³/mol. The van der Waals surface area contributed by atoms with E-state index in [9.17, 15) is 4.79 Å². The molecule has 0 unspecified atom stereocenters. The molecule has 106 valence electrons. The molecule has 0 bridgehead atoms. The number of carbonyl (C=O) groups excluding carboxylic acids is 1. The Bertz CT molecular complexity index is 656. The van der Waals surface area contributed by atoms with Gasteiger partial charge in [0.25, 0.3) is 0 Å². The second kappa shape index (κ2) is 7.66. The first-order valence-corrected chi connectivity index (χ1v) is 7.30. The van der Waals surface area contributed by atoms with Crippen LogP contribution in [0.15, 0.2) is 59.2 Å². The van der Waals surface area contributed by atoms with E-state index < -0.39 is 0 Å². The van der Waals surface area contributed by atoms with Gasteiger partial charge in [0.05, 0.1) is 0 Å². The van der Waals surface area contributed by atoms with Crippen LogP contribution in [0, 0.1) is 0 Å².